The van der Waals surface area contributed by atoms with Crippen LogP contribution in [-0.4, -0.2) is 76.6 Å². The third kappa shape index (κ3) is 7.94. The molecule has 3 rings (SSSR count). The number of nitrogens with one attached hydrogen (secondary N) is 2. The van der Waals surface area contributed by atoms with Crippen molar-refractivity contribution in [3.8, 4) is 0 Å². The van der Waals surface area contributed by atoms with Gasteiger partial charge in [-0.3, -0.25) is 9.59 Å². The summed E-state index contributed by atoms with van der Waals surface area (Å²) in [4.78, 5) is 34.6. The van der Waals surface area contributed by atoms with E-state index < -0.39 is 11.5 Å². The van der Waals surface area contributed by atoms with Crippen LogP contribution in [0.4, 0.5) is 5.82 Å². The predicted molar refractivity (Wildman–Crippen MR) is 145 cm³/mol. The maximum absolute atomic E-state index is 13.1. The van der Waals surface area contributed by atoms with E-state index in [1.165, 1.54) is 0 Å². The molecule has 0 spiro atoms. The van der Waals surface area contributed by atoms with E-state index in [9.17, 15) is 14.7 Å². The van der Waals surface area contributed by atoms with Crippen LogP contribution in [0, 0.1) is 5.92 Å². The second kappa shape index (κ2) is 13.6. The number of para-hydroxylation sites is 1. The summed E-state index contributed by atoms with van der Waals surface area (Å²) in [5.74, 6) is -0.212. The largest absolute Gasteiger partial charge is 0.389 e. The van der Waals surface area contributed by atoms with Gasteiger partial charge in [0.05, 0.1) is 42.3 Å². The van der Waals surface area contributed by atoms with E-state index in [-0.39, 0.29) is 38.1 Å². The minimum Gasteiger partial charge on any atom is -0.389 e. The second-order valence-electron chi connectivity index (χ2n) is 9.68. The van der Waals surface area contributed by atoms with Gasteiger partial charge in [0.2, 0.25) is 11.8 Å². The molecule has 38 heavy (non-hydrogen) atoms. The summed E-state index contributed by atoms with van der Waals surface area (Å²) >= 11 is 0. The van der Waals surface area contributed by atoms with Gasteiger partial charge in [0.1, 0.15) is 24.6 Å². The van der Waals surface area contributed by atoms with Gasteiger partial charge in [-0.2, -0.15) is 0 Å². The number of carbonyl (C=O) groups excluding carboxylic acids is 2. The molecular weight excluding hydrogens is 490 g/mol. The highest BCUT2D eigenvalue weighted by Gasteiger charge is 2.24. The smallest absolute Gasteiger partial charge is 0.246 e. The van der Waals surface area contributed by atoms with Crippen LogP contribution in [0.15, 0.2) is 24.3 Å². The van der Waals surface area contributed by atoms with E-state index in [4.69, 9.17) is 19.2 Å². The van der Waals surface area contributed by atoms with Crippen LogP contribution in [0.25, 0.3) is 21.9 Å². The zero-order chi connectivity index (χ0) is 27.7. The topological polar surface area (TPSA) is 137 Å². The number of pyridine rings is 1. The van der Waals surface area contributed by atoms with Crippen molar-refractivity contribution in [1.82, 2.24) is 19.9 Å². The Balaban J connectivity index is 1.83. The summed E-state index contributed by atoms with van der Waals surface area (Å²) in [6.45, 7) is 11.4. The molecule has 0 saturated carbocycles. The lowest BCUT2D eigenvalue weighted by atomic mass is 10.1. The van der Waals surface area contributed by atoms with E-state index >= 15 is 0 Å². The molecule has 2 aromatic heterocycles. The Bertz CT molecular complexity index is 1240. The highest BCUT2D eigenvalue weighted by molar-refractivity contribution is 6.09. The van der Waals surface area contributed by atoms with Crippen LogP contribution in [0.3, 0.4) is 0 Å². The van der Waals surface area contributed by atoms with Crippen molar-refractivity contribution in [1.29, 1.82) is 0 Å². The van der Waals surface area contributed by atoms with Crippen LogP contribution in [0.1, 0.15) is 40.4 Å². The van der Waals surface area contributed by atoms with Gasteiger partial charge in [-0.05, 0) is 33.8 Å². The van der Waals surface area contributed by atoms with Crippen molar-refractivity contribution in [3.63, 3.8) is 0 Å². The molecule has 0 bridgehead atoms. The number of aromatic nitrogens is 3. The molecule has 1 atom stereocenters. The number of aliphatic hydroxyl groups is 1. The van der Waals surface area contributed by atoms with Crippen LogP contribution >= 0.6 is 0 Å². The van der Waals surface area contributed by atoms with E-state index in [1.807, 2.05) is 42.7 Å². The molecule has 0 aliphatic rings. The Kier molecular flexibility index (Phi) is 10.5. The number of hydrogen-bond acceptors (Lipinski definition) is 8. The third-order valence-corrected chi connectivity index (χ3v) is 5.75. The zero-order valence-electron chi connectivity index (χ0n) is 22.9. The van der Waals surface area contributed by atoms with Gasteiger partial charge in [-0.15, -0.1) is 0 Å². The number of rotatable bonds is 15. The number of imidazole rings is 1. The fraction of sp³-hybridized carbons (Fsp3) is 0.556. The molecule has 0 fully saturated rings. The number of fused-ring (bicyclic) bond motifs is 3. The molecule has 11 nitrogen and oxygen atoms in total. The van der Waals surface area contributed by atoms with Crippen LogP contribution in [0.2, 0.25) is 0 Å². The van der Waals surface area contributed by atoms with E-state index in [1.54, 1.807) is 20.8 Å². The number of nitrogens with zero attached hydrogens (tertiary/aromatic N) is 3. The fourth-order valence-electron chi connectivity index (χ4n) is 3.91. The summed E-state index contributed by atoms with van der Waals surface area (Å²) in [6.07, 6.45) is 0. The normalized spacial score (nSPS) is 12.7. The first-order valence-electron chi connectivity index (χ1n) is 13.0. The SMILES string of the molecule is CCOCCOCC(=O)NC[C@@H](C)C(=O)Nc1nc2ccccc2c2c1nc(COCC)n2CC(C)(C)O. The lowest BCUT2D eigenvalue weighted by Gasteiger charge is -2.21. The average Bonchev–Trinajstić information content (AvgIpc) is 3.22. The Labute approximate surface area is 222 Å². The predicted octanol–water partition coefficient (Wildman–Crippen LogP) is 2.64. The van der Waals surface area contributed by atoms with E-state index in [2.05, 4.69) is 15.6 Å². The van der Waals surface area contributed by atoms with Crippen molar-refractivity contribution < 1.29 is 28.9 Å². The molecule has 1 aromatic carbocycles. The van der Waals surface area contributed by atoms with Gasteiger partial charge in [0.15, 0.2) is 5.82 Å². The minimum atomic E-state index is -1.01. The second-order valence-corrected chi connectivity index (χ2v) is 9.68. The van der Waals surface area contributed by atoms with Crippen molar-refractivity contribution in [2.45, 2.75) is 53.4 Å². The quantitative estimate of drug-likeness (QED) is 0.256. The summed E-state index contributed by atoms with van der Waals surface area (Å²) in [6, 6.07) is 7.59. The third-order valence-electron chi connectivity index (χ3n) is 5.75. The number of ether oxygens (including phenoxy) is 3. The monoisotopic (exact) mass is 529 g/mol. The first-order valence-corrected chi connectivity index (χ1v) is 13.0. The van der Waals surface area contributed by atoms with Crippen molar-refractivity contribution in [2.24, 2.45) is 5.92 Å². The Morgan fingerprint density at radius 2 is 1.79 bits per heavy atom. The van der Waals surface area contributed by atoms with Crippen LogP contribution in [-0.2, 0) is 37.0 Å². The first kappa shape index (κ1) is 29.4. The molecule has 3 N–H and O–H groups in total. The van der Waals surface area contributed by atoms with Gasteiger partial charge >= 0.3 is 0 Å². The average molecular weight is 530 g/mol. The van der Waals surface area contributed by atoms with Crippen molar-refractivity contribution in [3.05, 3.63) is 30.1 Å². The lowest BCUT2D eigenvalue weighted by molar-refractivity contribution is -0.126. The Morgan fingerprint density at radius 1 is 1.08 bits per heavy atom. The molecule has 0 aliphatic heterocycles. The molecule has 2 heterocycles. The fourth-order valence-corrected chi connectivity index (χ4v) is 3.91. The van der Waals surface area contributed by atoms with Crippen LogP contribution in [0.5, 0.6) is 0 Å². The number of amides is 2. The van der Waals surface area contributed by atoms with Gasteiger partial charge in [-0.1, -0.05) is 25.1 Å². The Morgan fingerprint density at radius 3 is 2.50 bits per heavy atom. The number of anilines is 1. The van der Waals surface area contributed by atoms with Gasteiger partial charge in [-0.25, -0.2) is 9.97 Å². The van der Waals surface area contributed by atoms with E-state index in [0.717, 1.165) is 10.9 Å². The minimum absolute atomic E-state index is 0.102. The molecular formula is C27H39N5O6. The summed E-state index contributed by atoms with van der Waals surface area (Å²) in [5, 5.41) is 17.1. The highest BCUT2D eigenvalue weighted by atomic mass is 16.5. The summed E-state index contributed by atoms with van der Waals surface area (Å²) in [7, 11) is 0. The zero-order valence-corrected chi connectivity index (χ0v) is 22.9. The summed E-state index contributed by atoms with van der Waals surface area (Å²) in [5.41, 5.74) is 0.935. The van der Waals surface area contributed by atoms with Gasteiger partial charge in [0, 0.05) is 25.1 Å². The Hall–Kier alpha value is -3.12. The first-order chi connectivity index (χ1) is 18.1. The molecule has 0 saturated heterocycles. The van der Waals surface area contributed by atoms with Crippen LogP contribution < -0.4 is 10.6 Å². The maximum atomic E-state index is 13.1. The molecule has 208 valence electrons. The standard InChI is InChI=1S/C27H39N5O6/c1-6-36-12-13-38-16-22(33)28-14-18(3)26(34)31-25-23-24(19-10-8-9-11-20(19)29-25)32(17-27(4,5)35)21(30-23)15-37-7-2/h8-11,18,35H,6-7,12-17H2,1-5H3,(H,28,33)(H,29,31,34)/t18-/m1/s1. The molecule has 3 aromatic rings. The van der Waals surface area contributed by atoms with E-state index in [0.29, 0.717) is 49.1 Å². The lowest BCUT2D eigenvalue weighted by Crippen LogP contribution is -2.36. The number of benzene rings is 1. The number of hydrogen-bond donors (Lipinski definition) is 3. The molecule has 11 heteroatoms. The van der Waals surface area contributed by atoms with Crippen molar-refractivity contribution in [2.75, 3.05) is 44.9 Å². The molecule has 0 aliphatic carbocycles. The molecule has 2 amide bonds. The highest BCUT2D eigenvalue weighted by Crippen LogP contribution is 2.31. The van der Waals surface area contributed by atoms with Gasteiger partial charge in [0.25, 0.3) is 0 Å². The summed E-state index contributed by atoms with van der Waals surface area (Å²) < 4.78 is 18.0. The molecule has 0 radical (unpaired) electrons. The maximum Gasteiger partial charge on any atom is 0.246 e. The van der Waals surface area contributed by atoms with Gasteiger partial charge < -0.3 is 34.5 Å². The number of carbonyl (C=O) groups is 2. The molecule has 0 unspecified atom stereocenters. The van der Waals surface area contributed by atoms with Crippen molar-refractivity contribution >= 4 is 39.6 Å².